The van der Waals surface area contributed by atoms with Crippen LogP contribution in [0.25, 0.3) is 0 Å². The van der Waals surface area contributed by atoms with Gasteiger partial charge < -0.3 is 20.2 Å². The van der Waals surface area contributed by atoms with Crippen molar-refractivity contribution >= 4 is 17.5 Å². The van der Waals surface area contributed by atoms with Gasteiger partial charge in [-0.05, 0) is 23.3 Å². The highest BCUT2D eigenvalue weighted by Crippen LogP contribution is 2.17. The monoisotopic (exact) mass is 413 g/mol. The second-order valence-corrected chi connectivity index (χ2v) is 6.88. The molecule has 0 unspecified atom stereocenters. The Bertz CT molecular complexity index is 887. The summed E-state index contributed by atoms with van der Waals surface area (Å²) in [7, 11) is 1.55. The fourth-order valence-electron chi connectivity index (χ4n) is 3.05. The number of hydrogen-bond donors (Lipinski definition) is 2. The van der Waals surface area contributed by atoms with Crippen molar-refractivity contribution < 1.29 is 23.6 Å². The van der Waals surface area contributed by atoms with E-state index in [2.05, 4.69) is 15.8 Å². The number of methoxy groups -OCH3 is 1. The van der Waals surface area contributed by atoms with E-state index in [1.54, 1.807) is 19.2 Å². The Morgan fingerprint density at radius 3 is 2.63 bits per heavy atom. The summed E-state index contributed by atoms with van der Waals surface area (Å²) in [4.78, 5) is 30.6. The van der Waals surface area contributed by atoms with Gasteiger partial charge in [-0.2, -0.15) is 0 Å². The Hall–Kier alpha value is -3.26. The van der Waals surface area contributed by atoms with Crippen LogP contribution in [0.2, 0.25) is 0 Å². The third-order valence-corrected chi connectivity index (χ3v) is 4.66. The van der Waals surface area contributed by atoms with Crippen molar-refractivity contribution in [3.05, 3.63) is 71.5 Å². The number of amides is 2. The molecule has 0 aromatic heterocycles. The van der Waals surface area contributed by atoms with Crippen LogP contribution in [-0.2, 0) is 25.6 Å². The van der Waals surface area contributed by atoms with Crippen LogP contribution in [0.4, 0.5) is 4.39 Å². The Morgan fingerprint density at radius 1 is 1.20 bits per heavy atom. The van der Waals surface area contributed by atoms with Crippen LogP contribution >= 0.6 is 0 Å². The lowest BCUT2D eigenvalue weighted by molar-refractivity contribution is -0.135. The topological polar surface area (TPSA) is 89.0 Å². The SMILES string of the molecule is COCCNC(=O)[C@@H](Cc1ccccc1)NC(=O)[C@@H]1CC(c2ccc(F)cc2)=NO1. The molecule has 2 amide bonds. The number of benzene rings is 2. The molecule has 1 heterocycles. The molecule has 0 spiro atoms. The minimum Gasteiger partial charge on any atom is -0.383 e. The lowest BCUT2D eigenvalue weighted by Crippen LogP contribution is -2.51. The van der Waals surface area contributed by atoms with Gasteiger partial charge in [-0.3, -0.25) is 9.59 Å². The van der Waals surface area contributed by atoms with E-state index in [-0.39, 0.29) is 18.1 Å². The minimum absolute atomic E-state index is 0.237. The summed E-state index contributed by atoms with van der Waals surface area (Å²) < 4.78 is 18.1. The van der Waals surface area contributed by atoms with Crippen LogP contribution in [0.1, 0.15) is 17.5 Å². The first-order chi connectivity index (χ1) is 14.6. The highest BCUT2D eigenvalue weighted by Gasteiger charge is 2.32. The molecule has 2 aromatic carbocycles. The third-order valence-electron chi connectivity index (χ3n) is 4.66. The number of carbonyl (C=O) groups is 2. The first-order valence-corrected chi connectivity index (χ1v) is 9.66. The first kappa shape index (κ1) is 21.4. The molecule has 158 valence electrons. The van der Waals surface area contributed by atoms with Crippen LogP contribution in [0.5, 0.6) is 0 Å². The van der Waals surface area contributed by atoms with Crippen molar-refractivity contribution in [1.82, 2.24) is 10.6 Å². The molecule has 0 saturated heterocycles. The summed E-state index contributed by atoms with van der Waals surface area (Å²) in [5.74, 6) is -1.09. The van der Waals surface area contributed by atoms with E-state index in [0.717, 1.165) is 5.56 Å². The van der Waals surface area contributed by atoms with Gasteiger partial charge in [0.2, 0.25) is 12.0 Å². The maximum atomic E-state index is 13.1. The molecule has 0 radical (unpaired) electrons. The minimum atomic E-state index is -0.852. The smallest absolute Gasteiger partial charge is 0.265 e. The lowest BCUT2D eigenvalue weighted by atomic mass is 10.0. The van der Waals surface area contributed by atoms with E-state index in [9.17, 15) is 14.0 Å². The zero-order valence-corrected chi connectivity index (χ0v) is 16.6. The lowest BCUT2D eigenvalue weighted by Gasteiger charge is -2.20. The highest BCUT2D eigenvalue weighted by atomic mass is 19.1. The summed E-state index contributed by atoms with van der Waals surface area (Å²) in [5.41, 5.74) is 2.16. The van der Waals surface area contributed by atoms with E-state index in [4.69, 9.17) is 9.57 Å². The number of hydrogen-bond acceptors (Lipinski definition) is 5. The third kappa shape index (κ3) is 5.87. The fourth-order valence-corrected chi connectivity index (χ4v) is 3.05. The van der Waals surface area contributed by atoms with Gasteiger partial charge >= 0.3 is 0 Å². The van der Waals surface area contributed by atoms with Crippen LogP contribution in [0, 0.1) is 5.82 Å². The van der Waals surface area contributed by atoms with Gasteiger partial charge in [0.25, 0.3) is 5.91 Å². The number of oxime groups is 1. The van der Waals surface area contributed by atoms with Crippen molar-refractivity contribution in [1.29, 1.82) is 0 Å². The predicted octanol–water partition coefficient (Wildman–Crippen LogP) is 1.81. The van der Waals surface area contributed by atoms with E-state index in [1.165, 1.54) is 12.1 Å². The molecular weight excluding hydrogens is 389 g/mol. The maximum Gasteiger partial charge on any atom is 0.265 e. The molecule has 0 aliphatic carbocycles. The van der Waals surface area contributed by atoms with E-state index >= 15 is 0 Å². The first-order valence-electron chi connectivity index (χ1n) is 9.66. The van der Waals surface area contributed by atoms with Gasteiger partial charge in [0.05, 0.1) is 12.3 Å². The molecule has 7 nitrogen and oxygen atoms in total. The second kappa shape index (κ2) is 10.5. The van der Waals surface area contributed by atoms with Crippen molar-refractivity contribution in [2.24, 2.45) is 5.16 Å². The molecule has 1 aliphatic rings. The zero-order chi connectivity index (χ0) is 21.3. The van der Waals surface area contributed by atoms with Gasteiger partial charge in [0, 0.05) is 26.5 Å². The predicted molar refractivity (Wildman–Crippen MR) is 109 cm³/mol. The number of rotatable bonds is 9. The van der Waals surface area contributed by atoms with Crippen molar-refractivity contribution in [2.45, 2.75) is 25.0 Å². The molecular formula is C22H24FN3O4. The Labute approximate surface area is 174 Å². The van der Waals surface area contributed by atoms with Crippen LogP contribution in [0.3, 0.4) is 0 Å². The summed E-state index contributed by atoms with van der Waals surface area (Å²) in [6, 6.07) is 14.5. The van der Waals surface area contributed by atoms with Crippen molar-refractivity contribution in [3.8, 4) is 0 Å². The largest absolute Gasteiger partial charge is 0.383 e. The Kier molecular flexibility index (Phi) is 7.51. The van der Waals surface area contributed by atoms with Crippen LogP contribution in [0.15, 0.2) is 59.8 Å². The Balaban J connectivity index is 1.62. The van der Waals surface area contributed by atoms with Crippen LogP contribution in [-0.4, -0.2) is 49.9 Å². The molecule has 0 bridgehead atoms. The van der Waals surface area contributed by atoms with Crippen molar-refractivity contribution in [3.63, 3.8) is 0 Å². The number of nitrogens with one attached hydrogen (secondary N) is 2. The number of ether oxygens (including phenoxy) is 1. The van der Waals surface area contributed by atoms with E-state index in [1.807, 2.05) is 30.3 Å². The number of halogens is 1. The molecule has 3 rings (SSSR count). The molecule has 8 heteroatoms. The number of carbonyl (C=O) groups excluding carboxylic acids is 2. The summed E-state index contributed by atoms with van der Waals surface area (Å²) in [6.07, 6.45) is -0.278. The highest BCUT2D eigenvalue weighted by molar-refractivity contribution is 6.04. The standard InChI is InChI=1S/C22H24FN3O4/c1-29-12-11-24-21(27)19(13-15-5-3-2-4-6-15)25-22(28)20-14-18(26-30-20)16-7-9-17(23)10-8-16/h2-10,19-20H,11-14H2,1H3,(H,24,27)(H,25,28)/t19-,20+/m1/s1. The molecule has 1 aliphatic heterocycles. The second-order valence-electron chi connectivity index (χ2n) is 6.88. The average Bonchev–Trinajstić information content (AvgIpc) is 3.25. The molecule has 0 fully saturated rings. The summed E-state index contributed by atoms with van der Waals surface area (Å²) >= 11 is 0. The van der Waals surface area contributed by atoms with Gasteiger partial charge in [-0.15, -0.1) is 0 Å². The van der Waals surface area contributed by atoms with Crippen molar-refractivity contribution in [2.75, 3.05) is 20.3 Å². The molecule has 2 atom stereocenters. The zero-order valence-electron chi connectivity index (χ0n) is 16.6. The molecule has 2 aromatic rings. The average molecular weight is 413 g/mol. The van der Waals surface area contributed by atoms with Gasteiger partial charge in [0.1, 0.15) is 11.9 Å². The fraction of sp³-hybridized carbons (Fsp3) is 0.318. The van der Waals surface area contributed by atoms with Crippen LogP contribution < -0.4 is 10.6 Å². The van der Waals surface area contributed by atoms with E-state index < -0.39 is 18.1 Å². The van der Waals surface area contributed by atoms with E-state index in [0.29, 0.717) is 30.8 Å². The molecule has 0 saturated carbocycles. The molecule has 2 N–H and O–H groups in total. The maximum absolute atomic E-state index is 13.1. The Morgan fingerprint density at radius 2 is 1.93 bits per heavy atom. The summed E-state index contributed by atoms with van der Waals surface area (Å²) in [5, 5.41) is 9.47. The van der Waals surface area contributed by atoms with Gasteiger partial charge in [-0.25, -0.2) is 4.39 Å². The van der Waals surface area contributed by atoms with Gasteiger partial charge in [-0.1, -0.05) is 47.6 Å². The quantitative estimate of drug-likeness (QED) is 0.614. The molecule has 30 heavy (non-hydrogen) atoms. The summed E-state index contributed by atoms with van der Waals surface area (Å²) in [6.45, 7) is 0.715. The van der Waals surface area contributed by atoms with Gasteiger partial charge in [0.15, 0.2) is 0 Å². The number of nitrogens with zero attached hydrogens (tertiary/aromatic N) is 1. The normalized spacial score (nSPS) is 16.3.